The zero-order valence-corrected chi connectivity index (χ0v) is 22.6. The van der Waals surface area contributed by atoms with Gasteiger partial charge in [-0.15, -0.1) is 0 Å². The van der Waals surface area contributed by atoms with E-state index in [1.165, 1.54) is 25.8 Å². The van der Waals surface area contributed by atoms with Crippen molar-refractivity contribution in [2.75, 3.05) is 32.0 Å². The molecule has 2 fully saturated rings. The monoisotopic (exact) mass is 525 g/mol. The van der Waals surface area contributed by atoms with E-state index in [1.54, 1.807) is 6.20 Å². The molecule has 6 rings (SSSR count). The van der Waals surface area contributed by atoms with Crippen molar-refractivity contribution in [1.29, 1.82) is 0 Å². The van der Waals surface area contributed by atoms with Crippen molar-refractivity contribution >= 4 is 11.3 Å². The smallest absolute Gasteiger partial charge is 0.150 e. The second kappa shape index (κ2) is 11.8. The summed E-state index contributed by atoms with van der Waals surface area (Å²) in [7, 11) is 0. The SMILES string of the molecule is Nc1nccn2c(C3CCC(CN4CCCC(CO)C4)CC3)nc(-c3cccc(OCc4ccccc4)c3)c12. The molecular formula is C32H39N5O2. The molecule has 0 amide bonds. The Morgan fingerprint density at radius 3 is 2.64 bits per heavy atom. The van der Waals surface area contributed by atoms with Gasteiger partial charge in [0.2, 0.25) is 0 Å². The highest BCUT2D eigenvalue weighted by Gasteiger charge is 2.29. The average molecular weight is 526 g/mol. The largest absolute Gasteiger partial charge is 0.489 e. The van der Waals surface area contributed by atoms with Crippen LogP contribution >= 0.6 is 0 Å². The van der Waals surface area contributed by atoms with Crippen LogP contribution in [0, 0.1) is 11.8 Å². The van der Waals surface area contributed by atoms with Gasteiger partial charge in [0.1, 0.15) is 35.2 Å². The summed E-state index contributed by atoms with van der Waals surface area (Å²) in [6, 6.07) is 18.3. The third-order valence-corrected chi connectivity index (χ3v) is 8.56. The van der Waals surface area contributed by atoms with Crippen molar-refractivity contribution in [1.82, 2.24) is 19.3 Å². The molecule has 204 valence electrons. The quantitative estimate of drug-likeness (QED) is 0.314. The summed E-state index contributed by atoms with van der Waals surface area (Å²) in [4.78, 5) is 12.2. The first-order valence-corrected chi connectivity index (χ1v) is 14.4. The number of aromatic nitrogens is 3. The molecule has 0 bridgehead atoms. The molecule has 2 aromatic carbocycles. The first-order chi connectivity index (χ1) is 19.2. The predicted octanol–water partition coefficient (Wildman–Crippen LogP) is 5.54. The lowest BCUT2D eigenvalue weighted by Gasteiger charge is -2.36. The molecule has 7 heteroatoms. The third kappa shape index (κ3) is 5.80. The molecule has 0 spiro atoms. The van der Waals surface area contributed by atoms with E-state index in [0.29, 0.717) is 30.9 Å². The van der Waals surface area contributed by atoms with Crippen LogP contribution in [0.1, 0.15) is 55.8 Å². The van der Waals surface area contributed by atoms with Gasteiger partial charge in [-0.2, -0.15) is 0 Å². The maximum atomic E-state index is 9.60. The van der Waals surface area contributed by atoms with Gasteiger partial charge in [-0.1, -0.05) is 42.5 Å². The molecule has 1 unspecified atom stereocenters. The van der Waals surface area contributed by atoms with Gasteiger partial charge in [0.15, 0.2) is 0 Å². The van der Waals surface area contributed by atoms with Crippen molar-refractivity contribution < 1.29 is 9.84 Å². The van der Waals surface area contributed by atoms with Crippen LogP contribution < -0.4 is 10.5 Å². The van der Waals surface area contributed by atoms with E-state index in [-0.39, 0.29) is 0 Å². The molecule has 1 atom stereocenters. The number of fused-ring (bicyclic) bond motifs is 1. The molecule has 2 aliphatic rings. The van der Waals surface area contributed by atoms with Crippen LogP contribution in [0.5, 0.6) is 5.75 Å². The van der Waals surface area contributed by atoms with Gasteiger partial charge < -0.3 is 20.5 Å². The maximum Gasteiger partial charge on any atom is 0.150 e. The molecule has 3 heterocycles. The number of benzene rings is 2. The average Bonchev–Trinajstić information content (AvgIpc) is 3.38. The number of hydrogen-bond donors (Lipinski definition) is 2. The van der Waals surface area contributed by atoms with E-state index in [0.717, 1.165) is 72.2 Å². The second-order valence-electron chi connectivity index (χ2n) is 11.3. The number of nitrogens with two attached hydrogens (primary N) is 1. The first kappa shape index (κ1) is 25.8. The minimum absolute atomic E-state index is 0.318. The van der Waals surface area contributed by atoms with Crippen LogP contribution in [-0.2, 0) is 6.61 Å². The standard InChI is InChI=1S/C32H39N5O2/c33-31-30-29(27-9-4-10-28(18-27)39-22-24-6-2-1-3-7-24)35-32(37(30)17-15-34-31)26-13-11-23(12-14-26)19-36-16-5-8-25(20-36)21-38/h1-4,6-7,9-10,15,17-18,23,25-26,38H,5,8,11-14,16,19-22H2,(H2,33,34). The number of rotatable bonds is 8. The Balaban J connectivity index is 1.19. The lowest BCUT2D eigenvalue weighted by molar-refractivity contribution is 0.0992. The number of imidazole rings is 1. The highest BCUT2D eigenvalue weighted by atomic mass is 16.5. The maximum absolute atomic E-state index is 9.60. The first-order valence-electron chi connectivity index (χ1n) is 14.4. The number of nitrogens with zero attached hydrogens (tertiary/aromatic N) is 4. The van der Waals surface area contributed by atoms with Gasteiger partial charge >= 0.3 is 0 Å². The molecule has 0 radical (unpaired) electrons. The van der Waals surface area contributed by atoms with Gasteiger partial charge in [-0.3, -0.25) is 4.40 Å². The number of nitrogen functional groups attached to an aromatic ring is 1. The molecule has 1 aliphatic carbocycles. The number of aliphatic hydroxyl groups excluding tert-OH is 1. The van der Waals surface area contributed by atoms with Gasteiger partial charge in [-0.05, 0) is 74.6 Å². The fraction of sp³-hybridized carbons (Fsp3) is 0.438. The van der Waals surface area contributed by atoms with Gasteiger partial charge in [0.25, 0.3) is 0 Å². The fourth-order valence-corrected chi connectivity index (χ4v) is 6.48. The summed E-state index contributed by atoms with van der Waals surface area (Å²) in [5.74, 6) is 3.96. The van der Waals surface area contributed by atoms with E-state index in [2.05, 4.69) is 38.6 Å². The molecule has 7 nitrogen and oxygen atoms in total. The van der Waals surface area contributed by atoms with Gasteiger partial charge in [-0.25, -0.2) is 9.97 Å². The van der Waals surface area contributed by atoms with E-state index >= 15 is 0 Å². The van der Waals surface area contributed by atoms with Crippen molar-refractivity contribution in [2.45, 2.75) is 51.0 Å². The Hall–Kier alpha value is -3.42. The van der Waals surface area contributed by atoms with Crippen molar-refractivity contribution in [2.24, 2.45) is 11.8 Å². The predicted molar refractivity (Wildman–Crippen MR) is 155 cm³/mol. The zero-order chi connectivity index (χ0) is 26.6. The van der Waals surface area contributed by atoms with Crippen molar-refractivity contribution in [3.8, 4) is 17.0 Å². The van der Waals surface area contributed by atoms with Gasteiger partial charge in [0.05, 0.1) is 0 Å². The summed E-state index contributed by atoms with van der Waals surface area (Å²) in [5.41, 5.74) is 10.3. The van der Waals surface area contributed by atoms with Crippen molar-refractivity contribution in [3.05, 3.63) is 78.4 Å². The zero-order valence-electron chi connectivity index (χ0n) is 22.6. The third-order valence-electron chi connectivity index (χ3n) is 8.56. The second-order valence-corrected chi connectivity index (χ2v) is 11.3. The van der Waals surface area contributed by atoms with E-state index < -0.39 is 0 Å². The van der Waals surface area contributed by atoms with E-state index in [9.17, 15) is 5.11 Å². The van der Waals surface area contributed by atoms with E-state index in [1.807, 2.05) is 36.5 Å². The Morgan fingerprint density at radius 1 is 0.974 bits per heavy atom. The summed E-state index contributed by atoms with van der Waals surface area (Å²) < 4.78 is 8.27. The Labute approximate surface area is 230 Å². The minimum atomic E-state index is 0.318. The summed E-state index contributed by atoms with van der Waals surface area (Å²) in [5, 5.41) is 9.60. The summed E-state index contributed by atoms with van der Waals surface area (Å²) in [6.07, 6.45) is 10.8. The normalized spacial score (nSPS) is 22.2. The van der Waals surface area contributed by atoms with Crippen LogP contribution in [0.4, 0.5) is 5.82 Å². The molecule has 2 aromatic heterocycles. The molecule has 3 N–H and O–H groups in total. The number of likely N-dealkylation sites (tertiary alicyclic amines) is 1. The van der Waals surface area contributed by atoms with E-state index in [4.69, 9.17) is 15.5 Å². The highest BCUT2D eigenvalue weighted by molar-refractivity contribution is 5.85. The molecular weight excluding hydrogens is 486 g/mol. The van der Waals surface area contributed by atoms with Crippen LogP contribution in [0.3, 0.4) is 0 Å². The Morgan fingerprint density at radius 2 is 1.82 bits per heavy atom. The molecule has 39 heavy (non-hydrogen) atoms. The minimum Gasteiger partial charge on any atom is -0.489 e. The van der Waals surface area contributed by atoms with Crippen LogP contribution in [0.25, 0.3) is 16.8 Å². The molecule has 1 aliphatic heterocycles. The summed E-state index contributed by atoms with van der Waals surface area (Å²) >= 11 is 0. The Bertz CT molecular complexity index is 1380. The van der Waals surface area contributed by atoms with Crippen LogP contribution in [0.15, 0.2) is 67.0 Å². The van der Waals surface area contributed by atoms with Crippen LogP contribution in [-0.4, -0.2) is 50.6 Å². The number of ether oxygens (including phenoxy) is 1. The molecule has 1 saturated carbocycles. The van der Waals surface area contributed by atoms with Gasteiger partial charge in [0, 0.05) is 43.6 Å². The number of hydrogen-bond acceptors (Lipinski definition) is 6. The number of piperidine rings is 1. The molecule has 1 saturated heterocycles. The summed E-state index contributed by atoms with van der Waals surface area (Å²) in [6.45, 7) is 4.21. The Kier molecular flexibility index (Phi) is 7.79. The number of anilines is 1. The highest BCUT2D eigenvalue weighted by Crippen LogP contribution is 2.39. The lowest BCUT2D eigenvalue weighted by Crippen LogP contribution is -2.40. The van der Waals surface area contributed by atoms with Crippen molar-refractivity contribution in [3.63, 3.8) is 0 Å². The fourth-order valence-electron chi connectivity index (χ4n) is 6.48. The molecule has 4 aromatic rings. The van der Waals surface area contributed by atoms with Crippen LogP contribution in [0.2, 0.25) is 0 Å². The lowest BCUT2D eigenvalue weighted by atomic mass is 9.81. The number of aliphatic hydroxyl groups is 1. The topological polar surface area (TPSA) is 88.9 Å².